The zero-order valence-electron chi connectivity index (χ0n) is 27.6. The van der Waals surface area contributed by atoms with Gasteiger partial charge < -0.3 is 0 Å². The van der Waals surface area contributed by atoms with E-state index < -0.39 is 8.07 Å². The average molecular weight is 629 g/mol. The van der Waals surface area contributed by atoms with E-state index in [0.29, 0.717) is 0 Å². The van der Waals surface area contributed by atoms with Crippen molar-refractivity contribution in [3.8, 4) is 33.4 Å². The Bertz CT molecular complexity index is 2710. The van der Waals surface area contributed by atoms with Gasteiger partial charge in [0.2, 0.25) is 0 Å². The molecule has 9 aromatic carbocycles. The highest BCUT2D eigenvalue weighted by Crippen LogP contribution is 2.47. The summed E-state index contributed by atoms with van der Waals surface area (Å²) >= 11 is 0. The van der Waals surface area contributed by atoms with Crippen LogP contribution in [0, 0.1) is 0 Å². The largest absolute Gasteiger partial charge is 0.0776 e. The van der Waals surface area contributed by atoms with Gasteiger partial charge in [0.1, 0.15) is 0 Å². The molecule has 228 valence electrons. The van der Waals surface area contributed by atoms with E-state index in [2.05, 4.69) is 183 Å². The van der Waals surface area contributed by atoms with E-state index in [9.17, 15) is 0 Å². The van der Waals surface area contributed by atoms with Gasteiger partial charge in [-0.05, 0) is 105 Å². The summed E-state index contributed by atoms with van der Waals surface area (Å²) < 4.78 is 0. The predicted molar refractivity (Wildman–Crippen MR) is 213 cm³/mol. The lowest BCUT2D eigenvalue weighted by Gasteiger charge is -2.20. The first-order valence-corrected chi connectivity index (χ1v) is 20.4. The summed E-state index contributed by atoms with van der Waals surface area (Å²) in [4.78, 5) is 0. The Hall–Kier alpha value is -5.50. The van der Waals surface area contributed by atoms with Crippen molar-refractivity contribution in [1.82, 2.24) is 0 Å². The van der Waals surface area contributed by atoms with Crippen LogP contribution in [0.3, 0.4) is 0 Å². The molecule has 0 bridgehead atoms. The van der Waals surface area contributed by atoms with Crippen LogP contribution >= 0.6 is 0 Å². The van der Waals surface area contributed by atoms with Crippen molar-refractivity contribution in [2.24, 2.45) is 0 Å². The van der Waals surface area contributed by atoms with Crippen molar-refractivity contribution in [3.63, 3.8) is 0 Å². The van der Waals surface area contributed by atoms with Crippen molar-refractivity contribution in [2.75, 3.05) is 0 Å². The van der Waals surface area contributed by atoms with E-state index in [0.717, 1.165) is 0 Å². The number of hydrogen-bond donors (Lipinski definition) is 0. The molecule has 0 N–H and O–H groups in total. The van der Waals surface area contributed by atoms with Crippen LogP contribution in [0.1, 0.15) is 0 Å². The summed E-state index contributed by atoms with van der Waals surface area (Å²) in [5.41, 5.74) is 7.56. The molecule has 0 amide bonds. The Labute approximate surface area is 282 Å². The van der Waals surface area contributed by atoms with Gasteiger partial charge in [0, 0.05) is 0 Å². The number of fused-ring (bicyclic) bond motifs is 6. The second-order valence-corrected chi connectivity index (χ2v) is 19.3. The molecule has 9 aromatic rings. The summed E-state index contributed by atoms with van der Waals surface area (Å²) in [6.07, 6.45) is 0. The van der Waals surface area contributed by atoms with Crippen molar-refractivity contribution in [1.29, 1.82) is 0 Å². The van der Waals surface area contributed by atoms with Crippen molar-refractivity contribution < 1.29 is 0 Å². The number of benzene rings is 9. The molecule has 1 heteroatoms. The molecule has 0 saturated heterocycles. The average Bonchev–Trinajstić information content (AvgIpc) is 3.12. The van der Waals surface area contributed by atoms with Crippen molar-refractivity contribution >= 4 is 67.1 Å². The normalized spacial score (nSPS) is 12.1. The molecule has 0 unspecified atom stereocenters. The monoisotopic (exact) mass is 628 g/mol. The first-order chi connectivity index (χ1) is 23.4. The minimum Gasteiger partial charge on any atom is -0.0656 e. The summed E-state index contributed by atoms with van der Waals surface area (Å²) in [6.45, 7) is 7.26. The second kappa shape index (κ2) is 11.0. The highest BCUT2D eigenvalue weighted by atomic mass is 28.3. The van der Waals surface area contributed by atoms with Crippen LogP contribution in [0.4, 0.5) is 0 Å². The molecular weight excluding hydrogens is 593 g/mol. The molecule has 0 aliphatic carbocycles. The number of rotatable bonds is 4. The first-order valence-electron chi connectivity index (χ1n) is 16.9. The second-order valence-electron chi connectivity index (χ2n) is 14.2. The molecule has 0 aliphatic rings. The predicted octanol–water partition coefficient (Wildman–Crippen LogP) is 13.0. The maximum atomic E-state index is 2.42. The van der Waals surface area contributed by atoms with Crippen LogP contribution < -0.4 is 5.19 Å². The first kappa shape index (κ1) is 28.7. The van der Waals surface area contributed by atoms with Crippen LogP contribution in [-0.2, 0) is 0 Å². The van der Waals surface area contributed by atoms with E-state index in [1.165, 1.54) is 92.4 Å². The lowest BCUT2D eigenvalue weighted by molar-refractivity contribution is 1.63. The van der Waals surface area contributed by atoms with Crippen molar-refractivity contribution in [3.05, 3.63) is 164 Å². The van der Waals surface area contributed by atoms with E-state index >= 15 is 0 Å². The van der Waals surface area contributed by atoms with Gasteiger partial charge >= 0.3 is 0 Å². The third-order valence-corrected chi connectivity index (χ3v) is 12.2. The Morgan fingerprint density at radius 3 is 1.65 bits per heavy atom. The Morgan fingerprint density at radius 2 is 0.833 bits per heavy atom. The summed E-state index contributed by atoms with van der Waals surface area (Å²) in [5, 5.41) is 14.3. The molecule has 9 rings (SSSR count). The highest BCUT2D eigenvalue weighted by Gasteiger charge is 2.20. The van der Waals surface area contributed by atoms with Gasteiger partial charge in [-0.3, -0.25) is 0 Å². The molecule has 0 saturated carbocycles. The molecule has 0 fully saturated rings. The lowest BCUT2D eigenvalue weighted by Crippen LogP contribution is -2.37. The Morgan fingerprint density at radius 1 is 0.312 bits per heavy atom. The van der Waals surface area contributed by atoms with Crippen molar-refractivity contribution in [2.45, 2.75) is 19.6 Å². The maximum absolute atomic E-state index is 2.42. The number of hydrogen-bond acceptors (Lipinski definition) is 0. The summed E-state index contributed by atoms with van der Waals surface area (Å²) in [6, 6.07) is 61.3. The van der Waals surface area contributed by atoms with Crippen LogP contribution in [0.25, 0.3) is 87.2 Å². The third kappa shape index (κ3) is 4.74. The van der Waals surface area contributed by atoms with Crippen LogP contribution in [0.2, 0.25) is 19.6 Å². The topological polar surface area (TPSA) is 0 Å². The molecule has 0 spiro atoms. The zero-order valence-corrected chi connectivity index (χ0v) is 28.6. The molecular formula is C47H36Si. The molecule has 0 aromatic heterocycles. The highest BCUT2D eigenvalue weighted by molar-refractivity contribution is 6.88. The Balaban J connectivity index is 1.34. The molecule has 48 heavy (non-hydrogen) atoms. The van der Waals surface area contributed by atoms with Gasteiger partial charge in [-0.2, -0.15) is 0 Å². The maximum Gasteiger partial charge on any atom is 0.0776 e. The fourth-order valence-electron chi connectivity index (χ4n) is 7.65. The van der Waals surface area contributed by atoms with Gasteiger partial charge in [0.25, 0.3) is 0 Å². The summed E-state index contributed by atoms with van der Waals surface area (Å²) in [5.74, 6) is 0. The minimum atomic E-state index is -1.40. The quantitative estimate of drug-likeness (QED) is 0.103. The van der Waals surface area contributed by atoms with E-state index in [4.69, 9.17) is 0 Å². The summed E-state index contributed by atoms with van der Waals surface area (Å²) in [7, 11) is -1.40. The van der Waals surface area contributed by atoms with Crippen LogP contribution in [0.5, 0.6) is 0 Å². The van der Waals surface area contributed by atoms with Gasteiger partial charge in [0.15, 0.2) is 0 Å². The third-order valence-electron chi connectivity index (χ3n) is 10.1. The molecule has 0 heterocycles. The molecule has 0 aliphatic heterocycles. The van der Waals surface area contributed by atoms with Gasteiger partial charge in [-0.1, -0.05) is 170 Å². The van der Waals surface area contributed by atoms with Gasteiger partial charge in [-0.25, -0.2) is 0 Å². The molecule has 0 atom stereocenters. The van der Waals surface area contributed by atoms with Crippen LogP contribution in [0.15, 0.2) is 164 Å². The fourth-order valence-corrected chi connectivity index (χ4v) is 8.82. The van der Waals surface area contributed by atoms with Gasteiger partial charge in [-0.15, -0.1) is 0 Å². The van der Waals surface area contributed by atoms with Crippen LogP contribution in [-0.4, -0.2) is 8.07 Å². The Kier molecular flexibility index (Phi) is 6.60. The van der Waals surface area contributed by atoms with Gasteiger partial charge in [0.05, 0.1) is 8.07 Å². The van der Waals surface area contributed by atoms with E-state index in [1.54, 1.807) is 0 Å². The molecule has 0 radical (unpaired) electrons. The van der Waals surface area contributed by atoms with E-state index in [-0.39, 0.29) is 0 Å². The molecule has 0 nitrogen and oxygen atoms in total. The SMILES string of the molecule is C[Si](C)(C)c1ccc2cc(-c3c4ccccc4c(-c4cccc(-c5ccc6ccccc6c5)c4)c4c3ccc3ccccc34)ccc2c1. The fraction of sp³-hybridized carbons (Fsp3) is 0.0638. The standard InChI is InChI=1S/C47H36Si/c1-48(2,3)40-25-23-36-29-39(22-21-37(36)30-40)45-42-17-8-9-18-43(42)46(47-41-16-7-6-12-32(41)24-26-44(45)47)38-15-10-14-34(28-38)35-20-19-31-11-4-5-13-33(31)27-35/h4-30H,1-3H3. The smallest absolute Gasteiger partial charge is 0.0656 e. The lowest BCUT2D eigenvalue weighted by atomic mass is 9.83. The minimum absolute atomic E-state index is 1.23. The zero-order chi connectivity index (χ0) is 32.4. The van der Waals surface area contributed by atoms with E-state index in [1.807, 2.05) is 0 Å².